The van der Waals surface area contributed by atoms with Crippen molar-refractivity contribution >= 4 is 17.2 Å². The zero-order valence-electron chi connectivity index (χ0n) is 10.6. The molecule has 0 N–H and O–H groups in total. The fourth-order valence-electron chi connectivity index (χ4n) is 2.30. The summed E-state index contributed by atoms with van der Waals surface area (Å²) in [5, 5.41) is 3.37. The Morgan fingerprint density at radius 1 is 1.59 bits per heavy atom. The van der Waals surface area contributed by atoms with Crippen molar-refractivity contribution in [3.63, 3.8) is 0 Å². The van der Waals surface area contributed by atoms with E-state index in [-0.39, 0.29) is 5.91 Å². The average molecular weight is 252 g/mol. The molecule has 1 aromatic rings. The highest BCUT2D eigenvalue weighted by Crippen LogP contribution is 2.29. The van der Waals surface area contributed by atoms with E-state index in [1.807, 2.05) is 11.8 Å². The third kappa shape index (κ3) is 2.86. The molecule has 1 aliphatic heterocycles. The van der Waals surface area contributed by atoms with Crippen LogP contribution in [0.15, 0.2) is 5.38 Å². The number of amides is 1. The van der Waals surface area contributed by atoms with Gasteiger partial charge >= 0.3 is 0 Å². The lowest BCUT2D eigenvalue weighted by molar-refractivity contribution is -0.132. The number of hydrogen-bond acceptors (Lipinski definition) is 3. The largest absolute Gasteiger partial charge is 0.342 e. The molecule has 0 radical (unpaired) electrons. The predicted octanol–water partition coefficient (Wildman–Crippen LogP) is 2.82. The van der Waals surface area contributed by atoms with Gasteiger partial charge in [-0.2, -0.15) is 0 Å². The molecule has 0 saturated carbocycles. The molecular formula is C13H20N2OS. The SMILES string of the molecule is CCC(=O)N1CCCC(c2nc(CC)cs2)C1. The molecule has 4 heteroatoms. The number of aryl methyl sites for hydroxylation is 1. The van der Waals surface area contributed by atoms with Crippen LogP contribution in [0.4, 0.5) is 0 Å². The molecule has 0 aromatic carbocycles. The van der Waals surface area contributed by atoms with Crippen LogP contribution in [-0.4, -0.2) is 28.9 Å². The van der Waals surface area contributed by atoms with Crippen molar-refractivity contribution in [1.29, 1.82) is 0 Å². The van der Waals surface area contributed by atoms with Crippen molar-refractivity contribution in [3.05, 3.63) is 16.1 Å². The van der Waals surface area contributed by atoms with Gasteiger partial charge in [-0.3, -0.25) is 4.79 Å². The smallest absolute Gasteiger partial charge is 0.222 e. The molecule has 17 heavy (non-hydrogen) atoms. The molecule has 0 bridgehead atoms. The minimum atomic E-state index is 0.280. The fourth-order valence-corrected chi connectivity index (χ4v) is 3.33. The summed E-state index contributed by atoms with van der Waals surface area (Å²) in [6.07, 6.45) is 3.90. The van der Waals surface area contributed by atoms with E-state index >= 15 is 0 Å². The molecule has 1 unspecified atom stereocenters. The molecule has 2 rings (SSSR count). The Kier molecular flexibility index (Phi) is 4.15. The van der Waals surface area contributed by atoms with Crippen LogP contribution in [0.5, 0.6) is 0 Å². The van der Waals surface area contributed by atoms with Crippen LogP contribution in [0.1, 0.15) is 49.7 Å². The Morgan fingerprint density at radius 3 is 3.06 bits per heavy atom. The molecule has 1 aliphatic rings. The number of rotatable bonds is 3. The topological polar surface area (TPSA) is 33.2 Å². The number of carbonyl (C=O) groups excluding carboxylic acids is 1. The van der Waals surface area contributed by atoms with Gasteiger partial charge in [-0.25, -0.2) is 4.98 Å². The van der Waals surface area contributed by atoms with E-state index in [2.05, 4.69) is 17.3 Å². The van der Waals surface area contributed by atoms with E-state index < -0.39 is 0 Å². The van der Waals surface area contributed by atoms with Crippen LogP contribution in [-0.2, 0) is 11.2 Å². The van der Waals surface area contributed by atoms with Crippen molar-refractivity contribution in [3.8, 4) is 0 Å². The van der Waals surface area contributed by atoms with Gasteiger partial charge < -0.3 is 4.90 Å². The maximum Gasteiger partial charge on any atom is 0.222 e. The first kappa shape index (κ1) is 12.6. The first-order valence-corrected chi connectivity index (χ1v) is 7.34. The lowest BCUT2D eigenvalue weighted by Gasteiger charge is -2.31. The summed E-state index contributed by atoms with van der Waals surface area (Å²) in [5.74, 6) is 0.742. The van der Waals surface area contributed by atoms with Crippen LogP contribution in [0.25, 0.3) is 0 Å². The summed E-state index contributed by atoms with van der Waals surface area (Å²) in [4.78, 5) is 18.4. The Morgan fingerprint density at radius 2 is 2.41 bits per heavy atom. The van der Waals surface area contributed by atoms with Crippen LogP contribution in [0.3, 0.4) is 0 Å². The molecule has 1 atom stereocenters. The van der Waals surface area contributed by atoms with E-state index in [0.717, 1.165) is 25.9 Å². The van der Waals surface area contributed by atoms with Crippen LogP contribution >= 0.6 is 11.3 Å². The number of aromatic nitrogens is 1. The molecule has 1 saturated heterocycles. The van der Waals surface area contributed by atoms with E-state index in [4.69, 9.17) is 0 Å². The normalized spacial score (nSPS) is 20.6. The van der Waals surface area contributed by atoms with Gasteiger partial charge in [-0.05, 0) is 19.3 Å². The first-order valence-electron chi connectivity index (χ1n) is 6.46. The number of piperidine rings is 1. The highest BCUT2D eigenvalue weighted by Gasteiger charge is 2.25. The molecule has 94 valence electrons. The van der Waals surface area contributed by atoms with Gasteiger partial charge in [0.25, 0.3) is 0 Å². The summed E-state index contributed by atoms with van der Waals surface area (Å²) in [7, 11) is 0. The third-order valence-corrected chi connectivity index (χ3v) is 4.41. The predicted molar refractivity (Wildman–Crippen MR) is 70.3 cm³/mol. The van der Waals surface area contributed by atoms with Gasteiger partial charge in [0.15, 0.2) is 0 Å². The maximum atomic E-state index is 11.7. The Hall–Kier alpha value is -0.900. The summed E-state index contributed by atoms with van der Waals surface area (Å²) >= 11 is 1.75. The molecule has 2 heterocycles. The highest BCUT2D eigenvalue weighted by molar-refractivity contribution is 7.09. The molecule has 0 spiro atoms. The maximum absolute atomic E-state index is 11.7. The lowest BCUT2D eigenvalue weighted by Crippen LogP contribution is -2.38. The van der Waals surface area contributed by atoms with Gasteiger partial charge in [-0.15, -0.1) is 11.3 Å². The van der Waals surface area contributed by atoms with Crippen LogP contribution in [0.2, 0.25) is 0 Å². The van der Waals surface area contributed by atoms with E-state index in [0.29, 0.717) is 12.3 Å². The number of likely N-dealkylation sites (tertiary alicyclic amines) is 1. The minimum Gasteiger partial charge on any atom is -0.342 e. The molecule has 1 amide bonds. The second-order valence-corrected chi connectivity index (χ2v) is 5.45. The molecule has 0 aliphatic carbocycles. The van der Waals surface area contributed by atoms with Gasteiger partial charge in [-0.1, -0.05) is 13.8 Å². The third-order valence-electron chi connectivity index (χ3n) is 3.36. The van der Waals surface area contributed by atoms with Crippen molar-refractivity contribution in [2.24, 2.45) is 0 Å². The number of hydrogen-bond donors (Lipinski definition) is 0. The summed E-state index contributed by atoms with van der Waals surface area (Å²) in [6, 6.07) is 0. The Labute approximate surface area is 107 Å². The summed E-state index contributed by atoms with van der Waals surface area (Å²) < 4.78 is 0. The number of thiazole rings is 1. The monoisotopic (exact) mass is 252 g/mol. The second-order valence-electron chi connectivity index (χ2n) is 4.56. The molecule has 1 fully saturated rings. The summed E-state index contributed by atoms with van der Waals surface area (Å²) in [6.45, 7) is 5.86. The van der Waals surface area contributed by atoms with Gasteiger partial charge in [0.2, 0.25) is 5.91 Å². The number of carbonyl (C=O) groups is 1. The molecular weight excluding hydrogens is 232 g/mol. The standard InChI is InChI=1S/C13H20N2OS/c1-3-11-9-17-13(14-11)10-6-5-7-15(8-10)12(16)4-2/h9-10H,3-8H2,1-2H3. The first-order chi connectivity index (χ1) is 8.24. The Balaban J connectivity index is 2.04. The van der Waals surface area contributed by atoms with Gasteiger partial charge in [0, 0.05) is 30.8 Å². The fraction of sp³-hybridized carbons (Fsp3) is 0.692. The van der Waals surface area contributed by atoms with Gasteiger partial charge in [0.1, 0.15) is 0 Å². The van der Waals surface area contributed by atoms with Crippen molar-refractivity contribution in [2.75, 3.05) is 13.1 Å². The van der Waals surface area contributed by atoms with Crippen LogP contribution in [0, 0.1) is 0 Å². The van der Waals surface area contributed by atoms with E-state index in [1.165, 1.54) is 17.1 Å². The number of nitrogens with zero attached hydrogens (tertiary/aromatic N) is 2. The van der Waals surface area contributed by atoms with Gasteiger partial charge in [0.05, 0.1) is 10.7 Å². The quantitative estimate of drug-likeness (QED) is 0.828. The molecule has 1 aromatic heterocycles. The van der Waals surface area contributed by atoms with Crippen molar-refractivity contribution in [1.82, 2.24) is 9.88 Å². The van der Waals surface area contributed by atoms with Crippen molar-refractivity contribution in [2.45, 2.75) is 45.4 Å². The van der Waals surface area contributed by atoms with Crippen molar-refractivity contribution < 1.29 is 4.79 Å². The lowest BCUT2D eigenvalue weighted by atomic mass is 9.98. The Bertz CT molecular complexity index is 389. The summed E-state index contributed by atoms with van der Waals surface area (Å²) in [5.41, 5.74) is 1.18. The zero-order chi connectivity index (χ0) is 12.3. The van der Waals surface area contributed by atoms with E-state index in [1.54, 1.807) is 11.3 Å². The zero-order valence-corrected chi connectivity index (χ0v) is 11.4. The second kappa shape index (κ2) is 5.63. The highest BCUT2D eigenvalue weighted by atomic mass is 32.1. The minimum absolute atomic E-state index is 0.280. The average Bonchev–Trinajstić information content (AvgIpc) is 2.86. The van der Waals surface area contributed by atoms with Crippen LogP contribution < -0.4 is 0 Å². The molecule has 3 nitrogen and oxygen atoms in total. The van der Waals surface area contributed by atoms with E-state index in [9.17, 15) is 4.79 Å².